The summed E-state index contributed by atoms with van der Waals surface area (Å²) in [6, 6.07) is 1.74. The molecule has 0 aromatic carbocycles. The number of hydrogen-bond donors (Lipinski definition) is 3. The number of carbonyl (C=O) groups is 1. The van der Waals surface area contributed by atoms with Gasteiger partial charge in [0.2, 0.25) is 0 Å². The third kappa shape index (κ3) is 3.57. The molecule has 0 spiro atoms. The number of nitrogens with one attached hydrogen (secondary N) is 2. The summed E-state index contributed by atoms with van der Waals surface area (Å²) in [5.74, 6) is 0. The van der Waals surface area contributed by atoms with Crippen LogP contribution in [0.25, 0.3) is 0 Å². The maximum absolute atomic E-state index is 10.8. The first-order chi connectivity index (χ1) is 6.33. The molecule has 0 aliphatic heterocycles. The molecule has 3 N–H and O–H groups in total. The molecule has 1 aromatic rings. The van der Waals surface area contributed by atoms with Gasteiger partial charge in [-0.1, -0.05) is 0 Å². The van der Waals surface area contributed by atoms with E-state index in [0.29, 0.717) is 6.54 Å². The van der Waals surface area contributed by atoms with Gasteiger partial charge in [0.25, 0.3) is 0 Å². The van der Waals surface area contributed by atoms with Crippen LogP contribution in [0.1, 0.15) is 5.69 Å². The van der Waals surface area contributed by atoms with Crippen molar-refractivity contribution in [2.45, 2.75) is 6.54 Å². The third-order valence-corrected chi connectivity index (χ3v) is 1.31. The summed E-state index contributed by atoms with van der Waals surface area (Å²) in [6.45, 7) is 0.177. The number of amides is 1. The average Bonchev–Trinajstić information content (AvgIpc) is 2.64. The highest BCUT2D eigenvalue weighted by molar-refractivity contribution is 5.66. The highest BCUT2D eigenvalue weighted by Gasteiger charge is 2.00. The van der Waals surface area contributed by atoms with Crippen molar-refractivity contribution in [3.8, 4) is 0 Å². The van der Waals surface area contributed by atoms with E-state index in [2.05, 4.69) is 20.3 Å². The van der Waals surface area contributed by atoms with Crippen molar-refractivity contribution in [2.24, 2.45) is 0 Å². The fraction of sp³-hybridized carbons (Fsp3) is 0.429. The van der Waals surface area contributed by atoms with Gasteiger partial charge in [0.05, 0.1) is 18.8 Å². The minimum absolute atomic E-state index is 0.00874. The molecule has 13 heavy (non-hydrogen) atoms. The van der Waals surface area contributed by atoms with Crippen molar-refractivity contribution < 1.29 is 14.6 Å². The second-order valence-corrected chi connectivity index (χ2v) is 2.29. The number of ether oxygens (including phenoxy) is 1. The van der Waals surface area contributed by atoms with Gasteiger partial charge in [0.1, 0.15) is 6.61 Å². The Morgan fingerprint density at radius 1 is 1.77 bits per heavy atom. The van der Waals surface area contributed by atoms with Crippen LogP contribution in [-0.4, -0.2) is 34.6 Å². The number of aliphatic hydroxyl groups excluding tert-OH is 1. The number of aromatic amines is 1. The van der Waals surface area contributed by atoms with Gasteiger partial charge in [-0.05, 0) is 6.07 Å². The number of hydrogen-bond acceptors (Lipinski definition) is 4. The third-order valence-electron chi connectivity index (χ3n) is 1.31. The van der Waals surface area contributed by atoms with Crippen LogP contribution in [0.5, 0.6) is 0 Å². The second-order valence-electron chi connectivity index (χ2n) is 2.29. The maximum atomic E-state index is 10.8. The van der Waals surface area contributed by atoms with Gasteiger partial charge in [-0.3, -0.25) is 5.10 Å². The Kier molecular flexibility index (Phi) is 3.77. The summed E-state index contributed by atoms with van der Waals surface area (Å²) >= 11 is 0. The van der Waals surface area contributed by atoms with Gasteiger partial charge in [-0.2, -0.15) is 5.10 Å². The summed E-state index contributed by atoms with van der Waals surface area (Å²) in [7, 11) is 0. The van der Waals surface area contributed by atoms with Crippen LogP contribution >= 0.6 is 0 Å². The molecule has 0 saturated carbocycles. The average molecular weight is 185 g/mol. The molecular formula is C7H11N3O3. The predicted molar refractivity (Wildman–Crippen MR) is 43.9 cm³/mol. The molecule has 0 unspecified atom stereocenters. The minimum atomic E-state index is -0.552. The van der Waals surface area contributed by atoms with Crippen molar-refractivity contribution in [3.05, 3.63) is 18.0 Å². The number of alkyl carbamates (subject to hydrolysis) is 1. The summed E-state index contributed by atoms with van der Waals surface area (Å²) in [5.41, 5.74) is 0.793. The van der Waals surface area contributed by atoms with Crippen molar-refractivity contribution in [2.75, 3.05) is 13.2 Å². The minimum Gasteiger partial charge on any atom is -0.447 e. The Balaban J connectivity index is 2.15. The van der Waals surface area contributed by atoms with Crippen LogP contribution in [0.2, 0.25) is 0 Å². The number of aliphatic hydroxyl groups is 1. The lowest BCUT2D eigenvalue weighted by molar-refractivity contribution is 0.118. The van der Waals surface area contributed by atoms with Crippen LogP contribution in [0.15, 0.2) is 12.3 Å². The van der Waals surface area contributed by atoms with Crippen molar-refractivity contribution >= 4 is 6.09 Å². The van der Waals surface area contributed by atoms with E-state index in [1.54, 1.807) is 12.3 Å². The van der Waals surface area contributed by atoms with Gasteiger partial charge in [-0.15, -0.1) is 0 Å². The van der Waals surface area contributed by atoms with Gasteiger partial charge in [-0.25, -0.2) is 4.79 Å². The molecule has 0 atom stereocenters. The molecule has 72 valence electrons. The van der Waals surface area contributed by atoms with E-state index in [0.717, 1.165) is 5.69 Å². The van der Waals surface area contributed by atoms with Crippen LogP contribution < -0.4 is 5.32 Å². The Bertz CT molecular complexity index is 247. The van der Waals surface area contributed by atoms with Crippen LogP contribution in [0, 0.1) is 0 Å². The lowest BCUT2D eigenvalue weighted by Gasteiger charge is -2.03. The van der Waals surface area contributed by atoms with Crippen molar-refractivity contribution in [1.29, 1.82) is 0 Å². The quantitative estimate of drug-likeness (QED) is 0.597. The first-order valence-electron chi connectivity index (χ1n) is 3.82. The molecule has 6 heteroatoms. The summed E-state index contributed by atoms with van der Waals surface area (Å²) in [5, 5.41) is 17.2. The summed E-state index contributed by atoms with van der Waals surface area (Å²) in [6.07, 6.45) is 1.04. The maximum Gasteiger partial charge on any atom is 0.407 e. The van der Waals surface area contributed by atoms with Gasteiger partial charge < -0.3 is 15.2 Å². The van der Waals surface area contributed by atoms with Crippen molar-refractivity contribution in [1.82, 2.24) is 15.5 Å². The van der Waals surface area contributed by atoms with E-state index in [4.69, 9.17) is 5.11 Å². The highest BCUT2D eigenvalue weighted by atomic mass is 16.6. The number of carbonyl (C=O) groups excluding carboxylic acids is 1. The number of aromatic nitrogens is 2. The number of rotatable bonds is 4. The molecule has 1 rings (SSSR count). The smallest absolute Gasteiger partial charge is 0.407 e. The number of nitrogens with zero attached hydrogens (tertiary/aromatic N) is 1. The SMILES string of the molecule is O=C(NCc1ccn[nH]1)OCCO. The molecule has 0 aliphatic rings. The monoisotopic (exact) mass is 185 g/mol. The Labute approximate surface area is 74.9 Å². The molecule has 0 saturated heterocycles. The molecular weight excluding hydrogens is 174 g/mol. The van der Waals surface area contributed by atoms with E-state index < -0.39 is 6.09 Å². The van der Waals surface area contributed by atoms with Crippen LogP contribution in [-0.2, 0) is 11.3 Å². The van der Waals surface area contributed by atoms with E-state index >= 15 is 0 Å². The van der Waals surface area contributed by atoms with E-state index in [1.807, 2.05) is 0 Å². The van der Waals surface area contributed by atoms with Gasteiger partial charge in [0, 0.05) is 6.20 Å². The second kappa shape index (κ2) is 5.15. The molecule has 1 aromatic heterocycles. The predicted octanol–water partition coefficient (Wildman–Crippen LogP) is -0.372. The lowest BCUT2D eigenvalue weighted by Crippen LogP contribution is -2.24. The standard InChI is InChI=1S/C7H11N3O3/c11-3-4-13-7(12)8-5-6-1-2-9-10-6/h1-2,11H,3-5H2,(H,8,12)(H,9,10). The lowest BCUT2D eigenvalue weighted by atomic mass is 10.4. The Morgan fingerprint density at radius 2 is 2.62 bits per heavy atom. The van der Waals surface area contributed by atoms with Crippen LogP contribution in [0.3, 0.4) is 0 Å². The van der Waals surface area contributed by atoms with Crippen LogP contribution in [0.4, 0.5) is 4.79 Å². The van der Waals surface area contributed by atoms with E-state index in [1.165, 1.54) is 0 Å². The topological polar surface area (TPSA) is 87.2 Å². The van der Waals surface area contributed by atoms with Gasteiger partial charge in [0.15, 0.2) is 0 Å². The molecule has 0 fully saturated rings. The molecule has 1 heterocycles. The zero-order valence-corrected chi connectivity index (χ0v) is 6.99. The Morgan fingerprint density at radius 3 is 3.23 bits per heavy atom. The van der Waals surface area contributed by atoms with E-state index in [9.17, 15) is 4.79 Å². The number of H-pyrrole nitrogens is 1. The first-order valence-corrected chi connectivity index (χ1v) is 3.82. The zero-order chi connectivity index (χ0) is 9.52. The Hall–Kier alpha value is -1.56. The zero-order valence-electron chi connectivity index (χ0n) is 6.99. The van der Waals surface area contributed by atoms with E-state index in [-0.39, 0.29) is 13.2 Å². The largest absolute Gasteiger partial charge is 0.447 e. The van der Waals surface area contributed by atoms with Gasteiger partial charge >= 0.3 is 6.09 Å². The molecule has 0 aliphatic carbocycles. The molecule has 1 amide bonds. The fourth-order valence-corrected chi connectivity index (χ4v) is 0.740. The normalized spacial score (nSPS) is 9.62. The highest BCUT2D eigenvalue weighted by Crippen LogP contribution is 1.90. The fourth-order valence-electron chi connectivity index (χ4n) is 0.740. The molecule has 0 radical (unpaired) electrons. The van der Waals surface area contributed by atoms with Crippen molar-refractivity contribution in [3.63, 3.8) is 0 Å². The first kappa shape index (κ1) is 9.53. The molecule has 6 nitrogen and oxygen atoms in total. The summed E-state index contributed by atoms with van der Waals surface area (Å²) < 4.78 is 4.56. The molecule has 0 bridgehead atoms. The summed E-state index contributed by atoms with van der Waals surface area (Å²) in [4.78, 5) is 10.8.